The average molecular weight is 300 g/mol. The fourth-order valence-electron chi connectivity index (χ4n) is 4.73. The average Bonchev–Trinajstić information content (AvgIpc) is 2.54. The van der Waals surface area contributed by atoms with Gasteiger partial charge in [0.1, 0.15) is 11.5 Å². The van der Waals surface area contributed by atoms with Crippen molar-refractivity contribution in [2.75, 3.05) is 7.11 Å². The minimum atomic E-state index is 0.257. The molecule has 2 aliphatic carbocycles. The lowest BCUT2D eigenvalue weighted by Gasteiger charge is -2.45. The van der Waals surface area contributed by atoms with E-state index in [1.807, 2.05) is 0 Å². The third kappa shape index (κ3) is 2.68. The number of ketones is 1. The van der Waals surface area contributed by atoms with Gasteiger partial charge in [-0.25, -0.2) is 0 Å². The van der Waals surface area contributed by atoms with Gasteiger partial charge in [0.25, 0.3) is 0 Å². The summed E-state index contributed by atoms with van der Waals surface area (Å²) in [6.07, 6.45) is 6.81. The van der Waals surface area contributed by atoms with Crippen LogP contribution in [0, 0.1) is 17.8 Å². The molecule has 1 aromatic rings. The Morgan fingerprint density at radius 2 is 2.14 bits per heavy atom. The summed E-state index contributed by atoms with van der Waals surface area (Å²) in [5, 5.41) is 0. The van der Waals surface area contributed by atoms with Crippen LogP contribution in [0.2, 0.25) is 0 Å². The SMILES string of the molecule is CCCC[C@@H]1[C@@H]2CCc3cc(OC)ccc3[C@@H]2CC(=O)[C@@H]1C. The molecule has 2 nitrogen and oxygen atoms in total. The Hall–Kier alpha value is -1.31. The van der Waals surface area contributed by atoms with E-state index >= 15 is 0 Å². The molecule has 0 aliphatic heterocycles. The zero-order valence-corrected chi connectivity index (χ0v) is 14.1. The van der Waals surface area contributed by atoms with Crippen LogP contribution in [0.25, 0.3) is 0 Å². The van der Waals surface area contributed by atoms with Crippen molar-refractivity contribution >= 4 is 5.78 Å². The zero-order valence-electron chi connectivity index (χ0n) is 14.1. The van der Waals surface area contributed by atoms with E-state index in [0.29, 0.717) is 23.5 Å². The lowest BCUT2D eigenvalue weighted by molar-refractivity contribution is -0.129. The fraction of sp³-hybridized carbons (Fsp3) is 0.650. The van der Waals surface area contributed by atoms with Gasteiger partial charge in [-0.2, -0.15) is 0 Å². The van der Waals surface area contributed by atoms with E-state index in [0.717, 1.165) is 18.6 Å². The first-order valence-electron chi connectivity index (χ1n) is 8.85. The highest BCUT2D eigenvalue weighted by Crippen LogP contribution is 2.50. The molecule has 0 aromatic heterocycles. The van der Waals surface area contributed by atoms with Crippen LogP contribution >= 0.6 is 0 Å². The van der Waals surface area contributed by atoms with Gasteiger partial charge in [0, 0.05) is 12.3 Å². The highest BCUT2D eigenvalue weighted by molar-refractivity contribution is 5.83. The standard InChI is InChI=1S/C20H28O2/c1-4-5-6-16-13(2)20(21)12-19-17-10-8-15(22-3)11-14(17)7-9-18(16)19/h8,10-11,13,16,18-19H,4-7,9,12H2,1-3H3/t13-,16+,18+,19+/m1/s1. The smallest absolute Gasteiger partial charge is 0.136 e. The van der Waals surface area contributed by atoms with Gasteiger partial charge < -0.3 is 4.74 Å². The molecule has 0 radical (unpaired) electrons. The number of carbonyl (C=O) groups excluding carboxylic acids is 1. The molecular formula is C20H28O2. The normalized spacial score (nSPS) is 30.6. The zero-order chi connectivity index (χ0) is 15.7. The number of hydrogen-bond acceptors (Lipinski definition) is 2. The number of aryl methyl sites for hydroxylation is 1. The van der Waals surface area contributed by atoms with Crippen LogP contribution in [0.3, 0.4) is 0 Å². The summed E-state index contributed by atoms with van der Waals surface area (Å²) < 4.78 is 5.36. The van der Waals surface area contributed by atoms with Crippen molar-refractivity contribution in [3.8, 4) is 5.75 Å². The van der Waals surface area contributed by atoms with Crippen LogP contribution in [-0.2, 0) is 11.2 Å². The van der Waals surface area contributed by atoms with Crippen LogP contribution in [0.15, 0.2) is 18.2 Å². The Labute approximate surface area is 134 Å². The molecule has 1 fully saturated rings. The molecule has 22 heavy (non-hydrogen) atoms. The molecule has 1 aromatic carbocycles. The third-order valence-electron chi connectivity index (χ3n) is 6.03. The van der Waals surface area contributed by atoms with E-state index in [1.54, 1.807) is 7.11 Å². The monoisotopic (exact) mass is 300 g/mol. The Bertz CT molecular complexity index is 549. The Balaban J connectivity index is 1.90. The van der Waals surface area contributed by atoms with Crippen LogP contribution in [0.4, 0.5) is 0 Å². The second kappa shape index (κ2) is 6.44. The number of hydrogen-bond donors (Lipinski definition) is 0. The van der Waals surface area contributed by atoms with Gasteiger partial charge >= 0.3 is 0 Å². The first-order chi connectivity index (χ1) is 10.7. The van der Waals surface area contributed by atoms with Gasteiger partial charge in [-0.1, -0.05) is 32.8 Å². The van der Waals surface area contributed by atoms with Gasteiger partial charge in [-0.05, 0) is 60.3 Å². The van der Waals surface area contributed by atoms with Gasteiger partial charge in [0.2, 0.25) is 0 Å². The third-order valence-corrected chi connectivity index (χ3v) is 6.03. The molecule has 0 saturated heterocycles. The Kier molecular flexibility index (Phi) is 4.56. The number of Topliss-reactive ketones (excluding diaryl/α,β-unsaturated/α-hetero) is 1. The number of unbranched alkanes of at least 4 members (excludes halogenated alkanes) is 1. The summed E-state index contributed by atoms with van der Waals surface area (Å²) >= 11 is 0. The number of rotatable bonds is 4. The van der Waals surface area contributed by atoms with Crippen molar-refractivity contribution in [3.63, 3.8) is 0 Å². The number of carbonyl (C=O) groups is 1. The van der Waals surface area contributed by atoms with Crippen LogP contribution in [0.1, 0.15) is 63.0 Å². The summed E-state index contributed by atoms with van der Waals surface area (Å²) in [6.45, 7) is 4.41. The quantitative estimate of drug-likeness (QED) is 0.801. The summed E-state index contributed by atoms with van der Waals surface area (Å²) in [5.41, 5.74) is 2.82. The van der Waals surface area contributed by atoms with Crippen molar-refractivity contribution < 1.29 is 9.53 Å². The topological polar surface area (TPSA) is 26.3 Å². The molecule has 0 spiro atoms. The first kappa shape index (κ1) is 15.6. The van der Waals surface area contributed by atoms with Crippen molar-refractivity contribution in [2.45, 2.75) is 58.3 Å². The van der Waals surface area contributed by atoms with Gasteiger partial charge in [-0.15, -0.1) is 0 Å². The fourth-order valence-corrected chi connectivity index (χ4v) is 4.73. The highest BCUT2D eigenvalue weighted by Gasteiger charge is 2.44. The minimum Gasteiger partial charge on any atom is -0.497 e. The van der Waals surface area contributed by atoms with E-state index in [1.165, 1.54) is 36.8 Å². The highest BCUT2D eigenvalue weighted by atomic mass is 16.5. The Morgan fingerprint density at radius 1 is 1.32 bits per heavy atom. The molecule has 0 heterocycles. The number of methoxy groups -OCH3 is 1. The maximum absolute atomic E-state index is 12.5. The maximum Gasteiger partial charge on any atom is 0.136 e. The van der Waals surface area contributed by atoms with Crippen LogP contribution in [-0.4, -0.2) is 12.9 Å². The molecule has 0 unspecified atom stereocenters. The van der Waals surface area contributed by atoms with Crippen molar-refractivity contribution in [1.29, 1.82) is 0 Å². The molecule has 1 saturated carbocycles. The van der Waals surface area contributed by atoms with E-state index in [2.05, 4.69) is 32.0 Å². The summed E-state index contributed by atoms with van der Waals surface area (Å²) in [7, 11) is 1.72. The van der Waals surface area contributed by atoms with Gasteiger partial charge in [-0.3, -0.25) is 4.79 Å². The second-order valence-electron chi connectivity index (χ2n) is 7.14. The second-order valence-corrected chi connectivity index (χ2v) is 7.14. The maximum atomic E-state index is 12.5. The van der Waals surface area contributed by atoms with Crippen LogP contribution in [0.5, 0.6) is 5.75 Å². The van der Waals surface area contributed by atoms with E-state index < -0.39 is 0 Å². The van der Waals surface area contributed by atoms with E-state index in [9.17, 15) is 4.79 Å². The van der Waals surface area contributed by atoms with E-state index in [4.69, 9.17) is 4.74 Å². The molecule has 2 heteroatoms. The Morgan fingerprint density at radius 3 is 2.86 bits per heavy atom. The summed E-state index contributed by atoms with van der Waals surface area (Å²) in [5.74, 6) is 3.40. The molecule has 120 valence electrons. The molecule has 0 amide bonds. The lowest BCUT2D eigenvalue weighted by atomic mass is 9.59. The molecule has 0 bridgehead atoms. The molecule has 0 N–H and O–H groups in total. The largest absolute Gasteiger partial charge is 0.497 e. The minimum absolute atomic E-state index is 0.257. The number of ether oxygens (including phenoxy) is 1. The van der Waals surface area contributed by atoms with Gasteiger partial charge in [0.15, 0.2) is 0 Å². The first-order valence-corrected chi connectivity index (χ1v) is 8.85. The van der Waals surface area contributed by atoms with Crippen LogP contribution < -0.4 is 4.74 Å². The van der Waals surface area contributed by atoms with Crippen molar-refractivity contribution in [3.05, 3.63) is 29.3 Å². The molecular weight excluding hydrogens is 272 g/mol. The molecule has 2 aliphatic rings. The van der Waals surface area contributed by atoms with Crippen molar-refractivity contribution in [1.82, 2.24) is 0 Å². The van der Waals surface area contributed by atoms with Crippen molar-refractivity contribution in [2.24, 2.45) is 17.8 Å². The number of benzene rings is 1. The molecule has 3 rings (SSSR count). The van der Waals surface area contributed by atoms with E-state index in [-0.39, 0.29) is 5.92 Å². The predicted molar refractivity (Wildman–Crippen MR) is 89.3 cm³/mol. The lowest BCUT2D eigenvalue weighted by Crippen LogP contribution is -2.40. The van der Waals surface area contributed by atoms with Gasteiger partial charge in [0.05, 0.1) is 7.11 Å². The summed E-state index contributed by atoms with van der Waals surface area (Å²) in [6, 6.07) is 6.45. The summed E-state index contributed by atoms with van der Waals surface area (Å²) in [4.78, 5) is 12.5. The number of fused-ring (bicyclic) bond motifs is 3. The predicted octanol–water partition coefficient (Wildman–Crippen LogP) is 4.76. The molecule has 4 atom stereocenters.